The molecule has 0 aliphatic heterocycles. The first-order chi connectivity index (χ1) is 10.3. The van der Waals surface area contributed by atoms with Gasteiger partial charge in [-0.15, -0.1) is 0 Å². The maximum absolute atomic E-state index is 4.73. The second-order valence-electron chi connectivity index (χ2n) is 5.52. The first-order valence-electron chi connectivity index (χ1n) is 7.13. The standard InChI is InChI=1S/C18H16N3/c1-12-5-3-4-6-14(12)17-11-20-18-15-7-8-19-10-13(15)9-16(18)21(17)2/h3-8,10-11H,9H2,1-2H3/q+1. The maximum Gasteiger partial charge on any atom is 0.231 e. The summed E-state index contributed by atoms with van der Waals surface area (Å²) in [6.45, 7) is 2.14. The Morgan fingerprint density at radius 1 is 1.05 bits per heavy atom. The van der Waals surface area contributed by atoms with Gasteiger partial charge in [-0.05, 0) is 30.2 Å². The number of fused-ring (bicyclic) bond motifs is 3. The Morgan fingerprint density at radius 2 is 1.90 bits per heavy atom. The summed E-state index contributed by atoms with van der Waals surface area (Å²) < 4.78 is 2.27. The number of nitrogens with zero attached hydrogens (tertiary/aromatic N) is 3. The summed E-state index contributed by atoms with van der Waals surface area (Å²) in [6.07, 6.45) is 6.67. The molecule has 0 unspecified atom stereocenters. The van der Waals surface area contributed by atoms with E-state index in [1.165, 1.54) is 27.9 Å². The third-order valence-corrected chi connectivity index (χ3v) is 4.29. The zero-order valence-electron chi connectivity index (χ0n) is 12.2. The van der Waals surface area contributed by atoms with Crippen molar-refractivity contribution in [2.75, 3.05) is 0 Å². The van der Waals surface area contributed by atoms with Crippen LogP contribution in [-0.2, 0) is 13.5 Å². The summed E-state index contributed by atoms with van der Waals surface area (Å²) in [6, 6.07) is 10.5. The van der Waals surface area contributed by atoms with Gasteiger partial charge < -0.3 is 0 Å². The van der Waals surface area contributed by atoms with Crippen LogP contribution < -0.4 is 4.57 Å². The molecule has 0 radical (unpaired) electrons. The van der Waals surface area contributed by atoms with Gasteiger partial charge in [-0.1, -0.05) is 18.2 Å². The molecule has 0 bridgehead atoms. The smallest absolute Gasteiger partial charge is 0.231 e. The molecule has 1 aliphatic carbocycles. The van der Waals surface area contributed by atoms with Gasteiger partial charge in [0.1, 0.15) is 18.9 Å². The maximum atomic E-state index is 4.73. The van der Waals surface area contributed by atoms with Gasteiger partial charge in [-0.2, -0.15) is 4.57 Å². The van der Waals surface area contributed by atoms with Crippen LogP contribution in [-0.4, -0.2) is 9.97 Å². The van der Waals surface area contributed by atoms with Crippen molar-refractivity contribution in [2.45, 2.75) is 13.3 Å². The second-order valence-corrected chi connectivity index (χ2v) is 5.52. The second kappa shape index (κ2) is 4.48. The van der Waals surface area contributed by atoms with E-state index in [0.29, 0.717) is 0 Å². The molecule has 21 heavy (non-hydrogen) atoms. The van der Waals surface area contributed by atoms with Gasteiger partial charge in [0.15, 0.2) is 0 Å². The molecule has 0 spiro atoms. The molecule has 4 rings (SSSR count). The van der Waals surface area contributed by atoms with Crippen LogP contribution in [0.2, 0.25) is 0 Å². The lowest BCUT2D eigenvalue weighted by molar-refractivity contribution is -0.667. The van der Waals surface area contributed by atoms with Crippen molar-refractivity contribution >= 4 is 0 Å². The minimum Gasteiger partial charge on any atom is -0.264 e. The highest BCUT2D eigenvalue weighted by Crippen LogP contribution is 2.33. The summed E-state index contributed by atoms with van der Waals surface area (Å²) in [4.78, 5) is 8.96. The Hall–Kier alpha value is -2.55. The summed E-state index contributed by atoms with van der Waals surface area (Å²) in [7, 11) is 2.13. The largest absolute Gasteiger partial charge is 0.264 e. The van der Waals surface area contributed by atoms with Crippen LogP contribution in [0.25, 0.3) is 22.5 Å². The van der Waals surface area contributed by atoms with Crippen LogP contribution in [0.1, 0.15) is 16.8 Å². The summed E-state index contributed by atoms with van der Waals surface area (Å²) in [5.41, 5.74) is 8.50. The summed E-state index contributed by atoms with van der Waals surface area (Å²) >= 11 is 0. The minimum absolute atomic E-state index is 0.904. The van der Waals surface area contributed by atoms with Crippen molar-refractivity contribution in [3.05, 3.63) is 65.7 Å². The highest BCUT2D eigenvalue weighted by Gasteiger charge is 2.29. The van der Waals surface area contributed by atoms with E-state index in [1.807, 2.05) is 18.6 Å². The molecule has 0 fully saturated rings. The molecule has 3 aromatic rings. The third kappa shape index (κ3) is 1.77. The van der Waals surface area contributed by atoms with Crippen LogP contribution in [0.5, 0.6) is 0 Å². The number of rotatable bonds is 1. The zero-order valence-corrected chi connectivity index (χ0v) is 12.2. The predicted octanol–water partition coefficient (Wildman–Crippen LogP) is 2.85. The number of hydrogen-bond acceptors (Lipinski definition) is 2. The lowest BCUT2D eigenvalue weighted by Gasteiger charge is -2.06. The molecule has 0 atom stereocenters. The van der Waals surface area contributed by atoms with E-state index in [-0.39, 0.29) is 0 Å². The van der Waals surface area contributed by atoms with E-state index in [1.54, 1.807) is 0 Å². The molecule has 0 amide bonds. The number of hydrogen-bond donors (Lipinski definition) is 0. The zero-order chi connectivity index (χ0) is 14.4. The van der Waals surface area contributed by atoms with E-state index >= 15 is 0 Å². The molecular formula is C18H16N3+. The Kier molecular flexibility index (Phi) is 2.61. The average molecular weight is 274 g/mol. The molecule has 1 aliphatic rings. The van der Waals surface area contributed by atoms with E-state index < -0.39 is 0 Å². The van der Waals surface area contributed by atoms with Crippen LogP contribution in [0, 0.1) is 6.92 Å². The van der Waals surface area contributed by atoms with Crippen molar-refractivity contribution in [2.24, 2.45) is 7.05 Å². The first kappa shape index (κ1) is 12.2. The number of benzene rings is 1. The van der Waals surface area contributed by atoms with E-state index in [2.05, 4.69) is 53.9 Å². The van der Waals surface area contributed by atoms with E-state index in [9.17, 15) is 0 Å². The Morgan fingerprint density at radius 3 is 2.76 bits per heavy atom. The molecule has 0 saturated carbocycles. The molecule has 0 N–H and O–H groups in total. The highest BCUT2D eigenvalue weighted by atomic mass is 15.0. The van der Waals surface area contributed by atoms with E-state index in [0.717, 1.165) is 17.8 Å². The van der Waals surface area contributed by atoms with Crippen molar-refractivity contribution in [1.29, 1.82) is 0 Å². The van der Waals surface area contributed by atoms with Crippen LogP contribution in [0.3, 0.4) is 0 Å². The fourth-order valence-corrected chi connectivity index (χ4v) is 3.11. The molecular weight excluding hydrogens is 258 g/mol. The highest BCUT2D eigenvalue weighted by molar-refractivity contribution is 5.71. The quantitative estimate of drug-likeness (QED) is 0.500. The van der Waals surface area contributed by atoms with Gasteiger partial charge in [0, 0.05) is 18.0 Å². The predicted molar refractivity (Wildman–Crippen MR) is 81.6 cm³/mol. The molecule has 2 heterocycles. The lowest BCUT2D eigenvalue weighted by Crippen LogP contribution is -2.36. The third-order valence-electron chi connectivity index (χ3n) is 4.29. The molecule has 3 heteroatoms. The topological polar surface area (TPSA) is 29.7 Å². The Balaban J connectivity index is 1.93. The Labute approximate surface area is 124 Å². The first-order valence-corrected chi connectivity index (χ1v) is 7.13. The van der Waals surface area contributed by atoms with Crippen molar-refractivity contribution in [1.82, 2.24) is 9.97 Å². The lowest BCUT2D eigenvalue weighted by atomic mass is 10.1. The van der Waals surface area contributed by atoms with Crippen LogP contribution in [0.15, 0.2) is 48.9 Å². The molecule has 2 aromatic heterocycles. The van der Waals surface area contributed by atoms with Gasteiger partial charge in [-0.3, -0.25) is 4.98 Å². The monoisotopic (exact) mass is 274 g/mol. The van der Waals surface area contributed by atoms with Crippen LogP contribution >= 0.6 is 0 Å². The molecule has 3 nitrogen and oxygen atoms in total. The van der Waals surface area contributed by atoms with Gasteiger partial charge in [-0.25, -0.2) is 4.98 Å². The number of pyridine rings is 1. The number of aryl methyl sites for hydroxylation is 1. The molecule has 1 aromatic carbocycles. The van der Waals surface area contributed by atoms with Crippen molar-refractivity contribution < 1.29 is 4.57 Å². The van der Waals surface area contributed by atoms with Crippen molar-refractivity contribution in [3.63, 3.8) is 0 Å². The van der Waals surface area contributed by atoms with Gasteiger partial charge in [0.2, 0.25) is 11.4 Å². The van der Waals surface area contributed by atoms with Gasteiger partial charge in [0.25, 0.3) is 0 Å². The van der Waals surface area contributed by atoms with Crippen LogP contribution in [0.4, 0.5) is 0 Å². The SMILES string of the molecule is Cc1ccccc1-c1cnc2c([n+]1C)Cc1cnccc1-2. The molecule has 0 saturated heterocycles. The molecule has 102 valence electrons. The van der Waals surface area contributed by atoms with Crippen molar-refractivity contribution in [3.8, 4) is 22.5 Å². The summed E-state index contributed by atoms with van der Waals surface area (Å²) in [5, 5.41) is 0. The minimum atomic E-state index is 0.904. The fraction of sp³-hybridized carbons (Fsp3) is 0.167. The van der Waals surface area contributed by atoms with Gasteiger partial charge in [0.05, 0.1) is 12.0 Å². The Bertz CT molecular complexity index is 853. The average Bonchev–Trinajstić information content (AvgIpc) is 2.89. The van der Waals surface area contributed by atoms with E-state index in [4.69, 9.17) is 4.98 Å². The fourth-order valence-electron chi connectivity index (χ4n) is 3.11. The van der Waals surface area contributed by atoms with Gasteiger partial charge >= 0.3 is 0 Å². The summed E-state index contributed by atoms with van der Waals surface area (Å²) in [5.74, 6) is 0. The number of aromatic nitrogens is 3. The normalized spacial score (nSPS) is 12.1.